The molecule has 0 radical (unpaired) electrons. The number of carbonyl (C=O) groups excluding carboxylic acids is 2. The maximum Gasteiger partial charge on any atom is 0.341 e. The van der Waals surface area contributed by atoms with Crippen molar-refractivity contribution in [2.45, 2.75) is 18.6 Å². The van der Waals surface area contributed by atoms with Gasteiger partial charge in [0.05, 0.1) is 12.9 Å². The van der Waals surface area contributed by atoms with Crippen LogP contribution in [0.1, 0.15) is 15.2 Å². The van der Waals surface area contributed by atoms with E-state index >= 15 is 0 Å². The number of aryl methyl sites for hydroxylation is 1. The van der Waals surface area contributed by atoms with E-state index < -0.39 is 5.97 Å². The number of thiophene rings is 1. The van der Waals surface area contributed by atoms with Gasteiger partial charge in [0.15, 0.2) is 11.0 Å². The molecule has 0 saturated heterocycles. The summed E-state index contributed by atoms with van der Waals surface area (Å²) >= 11 is 2.61. The van der Waals surface area contributed by atoms with Crippen molar-refractivity contribution in [3.8, 4) is 22.5 Å². The van der Waals surface area contributed by atoms with Crippen molar-refractivity contribution >= 4 is 40.0 Å². The van der Waals surface area contributed by atoms with E-state index in [1.54, 1.807) is 18.5 Å². The maximum atomic E-state index is 12.9. The van der Waals surface area contributed by atoms with Crippen LogP contribution in [0.5, 0.6) is 0 Å². The van der Waals surface area contributed by atoms with Gasteiger partial charge in [0.1, 0.15) is 10.6 Å². The lowest BCUT2D eigenvalue weighted by molar-refractivity contribution is -0.113. The number of amides is 1. The molecular weight excluding hydrogens is 482 g/mol. The number of hydrogen-bond acceptors (Lipinski definition) is 8. The van der Waals surface area contributed by atoms with Crippen LogP contribution < -0.4 is 5.32 Å². The minimum atomic E-state index is -0.496. The van der Waals surface area contributed by atoms with Crippen molar-refractivity contribution in [2.75, 3.05) is 18.2 Å². The second kappa shape index (κ2) is 11.1. The smallest absolute Gasteiger partial charge is 0.341 e. The first-order valence-corrected chi connectivity index (χ1v) is 12.5. The van der Waals surface area contributed by atoms with E-state index in [9.17, 15) is 9.59 Å². The molecule has 35 heavy (non-hydrogen) atoms. The fourth-order valence-electron chi connectivity index (χ4n) is 3.58. The first-order chi connectivity index (χ1) is 17.0. The number of esters is 1. The number of nitrogens with one attached hydrogen (secondary N) is 1. The number of ether oxygens (including phenoxy) is 1. The fraction of sp³-hybridized carbons (Fsp3) is 0.160. The Morgan fingerprint density at radius 1 is 1.14 bits per heavy atom. The average Bonchev–Trinajstić information content (AvgIpc) is 3.43. The topological polar surface area (TPSA) is 99.0 Å². The highest BCUT2D eigenvalue weighted by molar-refractivity contribution is 7.99. The number of anilines is 1. The molecule has 0 atom stereocenters. The van der Waals surface area contributed by atoms with Gasteiger partial charge in [-0.1, -0.05) is 48.2 Å². The second-order valence-corrected chi connectivity index (χ2v) is 9.54. The van der Waals surface area contributed by atoms with Crippen LogP contribution in [0.15, 0.2) is 72.7 Å². The molecular formula is C25H23N5O3S2. The third-order valence-electron chi connectivity index (χ3n) is 5.09. The Bertz CT molecular complexity index is 1350. The van der Waals surface area contributed by atoms with Crippen LogP contribution in [0.4, 0.5) is 5.00 Å². The van der Waals surface area contributed by atoms with Gasteiger partial charge in [-0.15, -0.1) is 28.1 Å². The monoisotopic (exact) mass is 505 g/mol. The maximum absolute atomic E-state index is 12.9. The summed E-state index contributed by atoms with van der Waals surface area (Å²) in [6.45, 7) is 6.22. The predicted molar refractivity (Wildman–Crippen MR) is 139 cm³/mol. The number of aromatic nitrogens is 4. The SMILES string of the molecule is C=CCn1c(SCC(=O)Nc2sc(C)c(-c3ccccc3)c2C(=O)OC)nnc1-c1ccncc1. The van der Waals surface area contributed by atoms with E-state index in [1.165, 1.54) is 30.2 Å². The molecule has 4 aromatic rings. The van der Waals surface area contributed by atoms with Crippen LogP contribution in [0.3, 0.4) is 0 Å². The number of carbonyl (C=O) groups is 2. The molecule has 3 aromatic heterocycles. The molecule has 0 aliphatic carbocycles. The number of thioether (sulfide) groups is 1. The Morgan fingerprint density at radius 3 is 2.57 bits per heavy atom. The minimum absolute atomic E-state index is 0.0872. The normalized spacial score (nSPS) is 10.7. The van der Waals surface area contributed by atoms with Gasteiger partial charge in [0, 0.05) is 34.9 Å². The van der Waals surface area contributed by atoms with Gasteiger partial charge in [-0.2, -0.15) is 0 Å². The molecule has 1 amide bonds. The zero-order valence-electron chi connectivity index (χ0n) is 19.2. The van der Waals surface area contributed by atoms with Crippen molar-refractivity contribution in [2.24, 2.45) is 0 Å². The third kappa shape index (κ3) is 5.33. The van der Waals surface area contributed by atoms with Crippen molar-refractivity contribution in [3.05, 3.63) is 78.0 Å². The van der Waals surface area contributed by atoms with Gasteiger partial charge < -0.3 is 10.1 Å². The van der Waals surface area contributed by atoms with Gasteiger partial charge in [-0.25, -0.2) is 4.79 Å². The Hall–Kier alpha value is -3.76. The number of allylic oxidation sites excluding steroid dienone is 1. The number of nitrogens with zero attached hydrogens (tertiary/aromatic N) is 4. The highest BCUT2D eigenvalue weighted by Gasteiger charge is 2.25. The van der Waals surface area contributed by atoms with E-state index in [4.69, 9.17) is 4.74 Å². The Balaban J connectivity index is 1.55. The number of hydrogen-bond donors (Lipinski definition) is 1. The van der Waals surface area contributed by atoms with E-state index in [1.807, 2.05) is 54.0 Å². The molecule has 0 spiro atoms. The summed E-state index contributed by atoms with van der Waals surface area (Å²) in [7, 11) is 1.33. The average molecular weight is 506 g/mol. The summed E-state index contributed by atoms with van der Waals surface area (Å²) in [5.74, 6) is -0.00259. The molecule has 178 valence electrons. The summed E-state index contributed by atoms with van der Waals surface area (Å²) in [6, 6.07) is 13.3. The number of pyridine rings is 1. The molecule has 0 fully saturated rings. The Morgan fingerprint density at radius 2 is 1.89 bits per heavy atom. The fourth-order valence-corrected chi connectivity index (χ4v) is 5.41. The Labute approximate surface area is 211 Å². The van der Waals surface area contributed by atoms with Gasteiger partial charge in [0.25, 0.3) is 0 Å². The lowest BCUT2D eigenvalue weighted by Crippen LogP contribution is -2.16. The van der Waals surface area contributed by atoms with E-state index in [0.717, 1.165) is 21.6 Å². The van der Waals surface area contributed by atoms with Gasteiger partial charge >= 0.3 is 5.97 Å². The first-order valence-electron chi connectivity index (χ1n) is 10.7. The van der Waals surface area contributed by atoms with Crippen LogP contribution in [-0.4, -0.2) is 44.5 Å². The molecule has 1 N–H and O–H groups in total. The molecule has 0 aliphatic rings. The predicted octanol–water partition coefficient (Wildman–Crippen LogP) is 5.08. The van der Waals surface area contributed by atoms with Crippen LogP contribution >= 0.6 is 23.1 Å². The van der Waals surface area contributed by atoms with E-state index in [0.29, 0.717) is 28.1 Å². The summed E-state index contributed by atoms with van der Waals surface area (Å²) < 4.78 is 6.92. The molecule has 3 heterocycles. The van der Waals surface area contributed by atoms with Crippen molar-refractivity contribution in [1.82, 2.24) is 19.7 Å². The van der Waals surface area contributed by atoms with Gasteiger partial charge in [0.2, 0.25) is 5.91 Å². The zero-order valence-corrected chi connectivity index (χ0v) is 20.9. The largest absolute Gasteiger partial charge is 0.465 e. The zero-order chi connectivity index (χ0) is 24.8. The quantitative estimate of drug-likeness (QED) is 0.192. The van der Waals surface area contributed by atoms with Gasteiger partial charge in [-0.05, 0) is 24.6 Å². The number of benzene rings is 1. The Kier molecular flexibility index (Phi) is 7.74. The van der Waals surface area contributed by atoms with Crippen molar-refractivity contribution in [3.63, 3.8) is 0 Å². The summed E-state index contributed by atoms with van der Waals surface area (Å²) in [4.78, 5) is 30.5. The molecule has 0 unspecified atom stereocenters. The molecule has 0 saturated carbocycles. The minimum Gasteiger partial charge on any atom is -0.465 e. The summed E-state index contributed by atoms with van der Waals surface area (Å²) in [6.07, 6.45) is 5.13. The first kappa shape index (κ1) is 24.4. The summed E-state index contributed by atoms with van der Waals surface area (Å²) in [5.41, 5.74) is 2.88. The molecule has 8 nitrogen and oxygen atoms in total. The van der Waals surface area contributed by atoms with Crippen LogP contribution in [0.25, 0.3) is 22.5 Å². The third-order valence-corrected chi connectivity index (χ3v) is 7.08. The highest BCUT2D eigenvalue weighted by atomic mass is 32.2. The molecule has 0 bridgehead atoms. The summed E-state index contributed by atoms with van der Waals surface area (Å²) in [5, 5.41) is 12.5. The van der Waals surface area contributed by atoms with Crippen LogP contribution in [0, 0.1) is 6.92 Å². The van der Waals surface area contributed by atoms with Gasteiger partial charge in [-0.3, -0.25) is 14.3 Å². The van der Waals surface area contributed by atoms with Crippen LogP contribution in [0.2, 0.25) is 0 Å². The molecule has 1 aromatic carbocycles. The molecule has 4 rings (SSSR count). The lowest BCUT2D eigenvalue weighted by atomic mass is 10.0. The number of methoxy groups -OCH3 is 1. The van der Waals surface area contributed by atoms with E-state index in [2.05, 4.69) is 27.1 Å². The standard InChI is InChI=1S/C25H23N5O3S2/c1-4-14-30-22(18-10-12-26-13-11-18)28-29-25(30)34-15-19(31)27-23-21(24(32)33-3)20(16(2)35-23)17-8-6-5-7-9-17/h4-13H,1,14-15H2,2-3H3,(H,27,31). The number of rotatable bonds is 9. The lowest BCUT2D eigenvalue weighted by Gasteiger charge is -2.09. The van der Waals surface area contributed by atoms with Crippen molar-refractivity contribution < 1.29 is 14.3 Å². The molecule has 0 aliphatic heterocycles. The highest BCUT2D eigenvalue weighted by Crippen LogP contribution is 2.40. The van der Waals surface area contributed by atoms with Crippen molar-refractivity contribution in [1.29, 1.82) is 0 Å². The molecule has 10 heteroatoms. The second-order valence-electron chi connectivity index (χ2n) is 7.37. The van der Waals surface area contributed by atoms with E-state index in [-0.39, 0.29) is 11.7 Å². The van der Waals surface area contributed by atoms with Crippen LogP contribution in [-0.2, 0) is 16.1 Å².